The van der Waals surface area contributed by atoms with Gasteiger partial charge in [-0.3, -0.25) is 14.9 Å². The summed E-state index contributed by atoms with van der Waals surface area (Å²) in [7, 11) is 0. The van der Waals surface area contributed by atoms with Crippen molar-refractivity contribution in [1.82, 2.24) is 5.32 Å². The molecule has 0 aliphatic carbocycles. The van der Waals surface area contributed by atoms with Crippen LogP contribution in [0.5, 0.6) is 5.75 Å². The predicted molar refractivity (Wildman–Crippen MR) is 137 cm³/mol. The maximum Gasteiger partial charge on any atom is 0.335 e. The van der Waals surface area contributed by atoms with Gasteiger partial charge in [-0.15, -0.1) is 0 Å². The van der Waals surface area contributed by atoms with Gasteiger partial charge >= 0.3 is 6.03 Å². The molecule has 1 aliphatic heterocycles. The summed E-state index contributed by atoms with van der Waals surface area (Å²) >= 11 is 24.6. The highest BCUT2D eigenvalue weighted by Crippen LogP contribution is 2.35. The molecule has 0 aromatic heterocycles. The van der Waals surface area contributed by atoms with Crippen LogP contribution in [0.2, 0.25) is 20.1 Å². The Morgan fingerprint density at radius 2 is 1.60 bits per heavy atom. The molecule has 4 amide bonds. The number of urea groups is 1. The van der Waals surface area contributed by atoms with Gasteiger partial charge in [0.1, 0.15) is 17.9 Å². The van der Waals surface area contributed by atoms with Crippen LogP contribution < -0.4 is 15.0 Å². The van der Waals surface area contributed by atoms with Crippen molar-refractivity contribution in [3.8, 4) is 5.75 Å². The summed E-state index contributed by atoms with van der Waals surface area (Å²) in [6, 6.07) is 13.8. The number of amides is 4. The lowest BCUT2D eigenvalue weighted by molar-refractivity contribution is -0.122. The highest BCUT2D eigenvalue weighted by Gasteiger charge is 2.37. The van der Waals surface area contributed by atoms with Gasteiger partial charge in [0.2, 0.25) is 0 Å². The van der Waals surface area contributed by atoms with Crippen LogP contribution in [0, 0.1) is 6.92 Å². The van der Waals surface area contributed by atoms with E-state index in [-0.39, 0.29) is 39.2 Å². The van der Waals surface area contributed by atoms with Gasteiger partial charge in [-0.25, -0.2) is 9.69 Å². The zero-order valence-corrected chi connectivity index (χ0v) is 21.1. The quantitative estimate of drug-likeness (QED) is 0.279. The smallest absolute Gasteiger partial charge is 0.335 e. The second kappa shape index (κ2) is 10.3. The fourth-order valence-electron chi connectivity index (χ4n) is 3.34. The van der Waals surface area contributed by atoms with E-state index in [1.54, 1.807) is 43.3 Å². The van der Waals surface area contributed by atoms with Crippen molar-refractivity contribution in [2.45, 2.75) is 13.5 Å². The van der Waals surface area contributed by atoms with Crippen LogP contribution in [-0.2, 0) is 16.2 Å². The summed E-state index contributed by atoms with van der Waals surface area (Å²) in [4.78, 5) is 39.2. The number of nitrogens with one attached hydrogen (secondary N) is 1. The first-order chi connectivity index (χ1) is 16.6. The number of barbiturate groups is 1. The molecule has 1 aliphatic rings. The van der Waals surface area contributed by atoms with Crippen LogP contribution in [-0.4, -0.2) is 17.8 Å². The van der Waals surface area contributed by atoms with Gasteiger partial charge in [-0.1, -0.05) is 64.6 Å². The van der Waals surface area contributed by atoms with Gasteiger partial charge in [0.15, 0.2) is 0 Å². The Bertz CT molecular complexity index is 1390. The van der Waals surface area contributed by atoms with Gasteiger partial charge < -0.3 is 4.74 Å². The van der Waals surface area contributed by atoms with E-state index in [1.807, 2.05) is 0 Å². The van der Waals surface area contributed by atoms with Crippen molar-refractivity contribution in [1.29, 1.82) is 0 Å². The average molecular weight is 550 g/mol. The number of hydrogen-bond acceptors (Lipinski definition) is 4. The Hall–Kier alpha value is -3.03. The molecule has 10 heteroatoms. The lowest BCUT2D eigenvalue weighted by atomic mass is 10.1. The number of carbonyl (C=O) groups excluding carboxylic acids is 3. The van der Waals surface area contributed by atoms with Gasteiger partial charge in [0.05, 0.1) is 10.7 Å². The molecular weight excluding hydrogens is 534 g/mol. The van der Waals surface area contributed by atoms with Crippen LogP contribution >= 0.6 is 46.4 Å². The largest absolute Gasteiger partial charge is 0.487 e. The first-order valence-electron chi connectivity index (χ1n) is 10.2. The maximum absolute atomic E-state index is 13.3. The molecule has 0 radical (unpaired) electrons. The topological polar surface area (TPSA) is 75.7 Å². The summed E-state index contributed by atoms with van der Waals surface area (Å²) in [5, 5.41) is 3.57. The molecule has 1 saturated heterocycles. The molecule has 1 heterocycles. The molecule has 35 heavy (non-hydrogen) atoms. The minimum Gasteiger partial charge on any atom is -0.487 e. The Kier molecular flexibility index (Phi) is 7.38. The minimum atomic E-state index is -0.889. The SMILES string of the molecule is Cc1ccc(N2C(=O)NC(=O)/C(=C\c3cc(Cl)cc(Cl)c3OCc3ccc(Cl)cc3)C2=O)cc1Cl. The molecule has 0 unspecified atom stereocenters. The van der Waals surface area contributed by atoms with Crippen LogP contribution in [0.15, 0.2) is 60.2 Å². The van der Waals surface area contributed by atoms with Crippen molar-refractivity contribution >= 4 is 76.0 Å². The highest BCUT2D eigenvalue weighted by molar-refractivity contribution is 6.40. The molecule has 3 aromatic rings. The van der Waals surface area contributed by atoms with Crippen molar-refractivity contribution in [2.75, 3.05) is 4.90 Å². The lowest BCUT2D eigenvalue weighted by Crippen LogP contribution is -2.54. The van der Waals surface area contributed by atoms with E-state index in [2.05, 4.69) is 5.32 Å². The number of imide groups is 2. The molecule has 0 spiro atoms. The summed E-state index contributed by atoms with van der Waals surface area (Å²) in [5.41, 5.74) is 1.77. The third-order valence-corrected chi connectivity index (χ3v) is 6.31. The van der Waals surface area contributed by atoms with E-state index in [0.29, 0.717) is 10.0 Å². The van der Waals surface area contributed by atoms with E-state index < -0.39 is 17.8 Å². The Balaban J connectivity index is 1.71. The number of rotatable bonds is 5. The van der Waals surface area contributed by atoms with Crippen molar-refractivity contribution in [3.63, 3.8) is 0 Å². The third-order valence-electron chi connectivity index (χ3n) is 5.15. The molecule has 3 aromatic carbocycles. The first kappa shape index (κ1) is 25.1. The molecule has 0 saturated carbocycles. The number of hydrogen-bond donors (Lipinski definition) is 1. The predicted octanol–water partition coefficient (Wildman–Crippen LogP) is 6.85. The fraction of sp³-hybridized carbons (Fsp3) is 0.0800. The normalized spacial score (nSPS) is 14.9. The fourth-order valence-corrected chi connectivity index (χ4v) is 4.21. The average Bonchev–Trinajstić information content (AvgIpc) is 2.79. The van der Waals surface area contributed by atoms with Crippen LogP contribution in [0.3, 0.4) is 0 Å². The van der Waals surface area contributed by atoms with Crippen LogP contribution in [0.25, 0.3) is 6.08 Å². The lowest BCUT2D eigenvalue weighted by Gasteiger charge is -2.26. The van der Waals surface area contributed by atoms with Gasteiger partial charge in [-0.05, 0) is 60.5 Å². The number of halogens is 4. The zero-order chi connectivity index (χ0) is 25.3. The molecule has 1 N–H and O–H groups in total. The summed E-state index contributed by atoms with van der Waals surface area (Å²) < 4.78 is 5.90. The molecule has 0 bridgehead atoms. The van der Waals surface area contributed by atoms with E-state index in [1.165, 1.54) is 24.3 Å². The standard InChI is InChI=1S/C25H16Cl4N2O4/c1-13-2-7-18(11-20(13)28)31-24(33)19(23(32)30-25(31)34)9-15-8-17(27)10-21(29)22(15)35-12-14-3-5-16(26)6-4-14/h2-11H,12H2,1H3,(H,30,32,34)/b19-9+. The Morgan fingerprint density at radius 1 is 0.886 bits per heavy atom. The zero-order valence-electron chi connectivity index (χ0n) is 18.1. The number of benzene rings is 3. The third kappa shape index (κ3) is 5.46. The van der Waals surface area contributed by atoms with Crippen molar-refractivity contribution in [3.05, 3.63) is 97.0 Å². The Labute approximate surface area is 221 Å². The van der Waals surface area contributed by atoms with Gasteiger partial charge in [-0.2, -0.15) is 0 Å². The number of carbonyl (C=O) groups is 3. The summed E-state index contributed by atoms with van der Waals surface area (Å²) in [6.45, 7) is 1.93. The first-order valence-corrected chi connectivity index (χ1v) is 11.7. The van der Waals surface area contributed by atoms with E-state index in [4.69, 9.17) is 51.1 Å². The van der Waals surface area contributed by atoms with E-state index in [0.717, 1.165) is 16.0 Å². The summed E-state index contributed by atoms with van der Waals surface area (Å²) in [5.74, 6) is -1.49. The molecule has 6 nitrogen and oxygen atoms in total. The number of ether oxygens (including phenoxy) is 1. The molecular formula is C25H16Cl4N2O4. The second-order valence-corrected chi connectivity index (χ2v) is 9.30. The van der Waals surface area contributed by atoms with E-state index >= 15 is 0 Å². The number of anilines is 1. The van der Waals surface area contributed by atoms with Crippen LogP contribution in [0.1, 0.15) is 16.7 Å². The minimum absolute atomic E-state index is 0.140. The van der Waals surface area contributed by atoms with Crippen LogP contribution in [0.4, 0.5) is 10.5 Å². The summed E-state index contributed by atoms with van der Waals surface area (Å²) in [6.07, 6.45) is 1.28. The van der Waals surface area contributed by atoms with Gasteiger partial charge in [0.25, 0.3) is 11.8 Å². The monoisotopic (exact) mass is 548 g/mol. The molecule has 1 fully saturated rings. The van der Waals surface area contributed by atoms with Crippen molar-refractivity contribution < 1.29 is 19.1 Å². The van der Waals surface area contributed by atoms with Gasteiger partial charge in [0, 0.05) is 20.6 Å². The Morgan fingerprint density at radius 3 is 2.29 bits per heavy atom. The van der Waals surface area contributed by atoms with E-state index in [9.17, 15) is 14.4 Å². The molecule has 0 atom stereocenters. The molecule has 178 valence electrons. The number of nitrogens with zero attached hydrogens (tertiary/aromatic N) is 1. The second-order valence-electron chi connectivity index (χ2n) is 7.61. The number of aryl methyl sites for hydroxylation is 1. The maximum atomic E-state index is 13.3. The molecule has 4 rings (SSSR count). The highest BCUT2D eigenvalue weighted by atomic mass is 35.5. The van der Waals surface area contributed by atoms with Crippen molar-refractivity contribution in [2.24, 2.45) is 0 Å².